The highest BCUT2D eigenvalue weighted by Gasteiger charge is 2.07. The fraction of sp³-hybridized carbons (Fsp3) is 0.400. The van der Waals surface area contributed by atoms with E-state index in [2.05, 4.69) is 16.5 Å². The number of ether oxygens (including phenoxy) is 1. The first-order valence-corrected chi connectivity index (χ1v) is 6.53. The van der Waals surface area contributed by atoms with Gasteiger partial charge in [0.05, 0.1) is 6.10 Å². The van der Waals surface area contributed by atoms with Crippen molar-refractivity contribution in [2.45, 2.75) is 40.0 Å². The first kappa shape index (κ1) is 13.6. The standard InChI is InChI=1S/C15H20N2O2/c1-4-17-8-7-16-15(17)10-19-14-6-5-13(12(3)18)9-11(14)2/h5-9,12,18H,4,10H2,1-3H3/t12-/m1/s1. The Morgan fingerprint density at radius 1 is 1.42 bits per heavy atom. The van der Waals surface area contributed by atoms with Gasteiger partial charge in [0.2, 0.25) is 0 Å². The van der Waals surface area contributed by atoms with Crippen LogP contribution in [0.15, 0.2) is 30.6 Å². The van der Waals surface area contributed by atoms with E-state index in [9.17, 15) is 5.11 Å². The summed E-state index contributed by atoms with van der Waals surface area (Å²) in [6.07, 6.45) is 3.28. The minimum atomic E-state index is -0.452. The van der Waals surface area contributed by atoms with Crippen LogP contribution in [0.25, 0.3) is 0 Å². The zero-order valence-electron chi connectivity index (χ0n) is 11.6. The maximum Gasteiger partial charge on any atom is 0.146 e. The van der Waals surface area contributed by atoms with Gasteiger partial charge >= 0.3 is 0 Å². The summed E-state index contributed by atoms with van der Waals surface area (Å²) in [6, 6.07) is 5.74. The molecule has 2 aromatic rings. The van der Waals surface area contributed by atoms with Crippen molar-refractivity contribution in [2.75, 3.05) is 0 Å². The Morgan fingerprint density at radius 2 is 2.21 bits per heavy atom. The highest BCUT2D eigenvalue weighted by Crippen LogP contribution is 2.23. The molecule has 1 heterocycles. The van der Waals surface area contributed by atoms with E-state index in [4.69, 9.17) is 4.74 Å². The first-order chi connectivity index (χ1) is 9.11. The summed E-state index contributed by atoms with van der Waals surface area (Å²) in [6.45, 7) is 7.16. The third kappa shape index (κ3) is 3.15. The molecule has 0 unspecified atom stereocenters. The molecule has 1 atom stereocenters. The molecular formula is C15H20N2O2. The molecule has 0 saturated heterocycles. The van der Waals surface area contributed by atoms with Crippen molar-refractivity contribution in [2.24, 2.45) is 0 Å². The van der Waals surface area contributed by atoms with E-state index in [0.29, 0.717) is 6.61 Å². The zero-order chi connectivity index (χ0) is 13.8. The van der Waals surface area contributed by atoms with Gasteiger partial charge in [-0.2, -0.15) is 0 Å². The van der Waals surface area contributed by atoms with Crippen LogP contribution < -0.4 is 4.74 Å². The van der Waals surface area contributed by atoms with E-state index < -0.39 is 6.10 Å². The van der Waals surface area contributed by atoms with Gasteiger partial charge in [0.15, 0.2) is 0 Å². The average molecular weight is 260 g/mol. The molecule has 0 saturated carbocycles. The van der Waals surface area contributed by atoms with Crippen molar-refractivity contribution in [3.8, 4) is 5.75 Å². The number of aromatic nitrogens is 2. The van der Waals surface area contributed by atoms with E-state index in [1.54, 1.807) is 13.1 Å². The van der Waals surface area contributed by atoms with Crippen LogP contribution >= 0.6 is 0 Å². The van der Waals surface area contributed by atoms with Crippen LogP contribution in [-0.2, 0) is 13.2 Å². The largest absolute Gasteiger partial charge is 0.485 e. The molecule has 102 valence electrons. The highest BCUT2D eigenvalue weighted by molar-refractivity contribution is 5.36. The molecule has 1 N–H and O–H groups in total. The lowest BCUT2D eigenvalue weighted by Crippen LogP contribution is -2.06. The number of hydrogen-bond acceptors (Lipinski definition) is 3. The molecule has 0 spiro atoms. The summed E-state index contributed by atoms with van der Waals surface area (Å²) in [5.41, 5.74) is 1.92. The molecule has 4 heteroatoms. The molecule has 1 aromatic heterocycles. The van der Waals surface area contributed by atoms with E-state index in [-0.39, 0.29) is 0 Å². The molecule has 0 radical (unpaired) electrons. The Morgan fingerprint density at radius 3 is 2.84 bits per heavy atom. The van der Waals surface area contributed by atoms with Crippen molar-refractivity contribution in [1.82, 2.24) is 9.55 Å². The maximum atomic E-state index is 9.53. The van der Waals surface area contributed by atoms with Crippen molar-refractivity contribution in [1.29, 1.82) is 0 Å². The number of rotatable bonds is 5. The number of benzene rings is 1. The fourth-order valence-electron chi connectivity index (χ4n) is 2.00. The molecule has 0 aliphatic carbocycles. The minimum Gasteiger partial charge on any atom is -0.485 e. The number of hydrogen-bond donors (Lipinski definition) is 1. The van der Waals surface area contributed by atoms with Gasteiger partial charge in [-0.05, 0) is 44.0 Å². The van der Waals surface area contributed by atoms with Crippen molar-refractivity contribution in [3.63, 3.8) is 0 Å². The Kier molecular flexibility index (Phi) is 4.22. The summed E-state index contributed by atoms with van der Waals surface area (Å²) in [4.78, 5) is 4.28. The lowest BCUT2D eigenvalue weighted by Gasteiger charge is -2.12. The molecule has 0 fully saturated rings. The third-order valence-electron chi connectivity index (χ3n) is 3.18. The molecule has 4 nitrogen and oxygen atoms in total. The quantitative estimate of drug-likeness (QED) is 0.899. The minimum absolute atomic E-state index is 0.452. The van der Waals surface area contributed by atoms with E-state index in [1.165, 1.54) is 0 Å². The van der Waals surface area contributed by atoms with Gasteiger partial charge < -0.3 is 14.4 Å². The summed E-state index contributed by atoms with van der Waals surface area (Å²) >= 11 is 0. The van der Waals surface area contributed by atoms with Gasteiger partial charge in [-0.3, -0.25) is 0 Å². The predicted octanol–water partition coefficient (Wildman–Crippen LogP) is 2.84. The van der Waals surface area contributed by atoms with Crippen LogP contribution in [0.4, 0.5) is 0 Å². The number of imidazole rings is 1. The van der Waals surface area contributed by atoms with Gasteiger partial charge in [0.25, 0.3) is 0 Å². The van der Waals surface area contributed by atoms with Gasteiger partial charge in [0.1, 0.15) is 18.2 Å². The second kappa shape index (κ2) is 5.89. The maximum absolute atomic E-state index is 9.53. The predicted molar refractivity (Wildman–Crippen MR) is 74.0 cm³/mol. The van der Waals surface area contributed by atoms with Crippen molar-refractivity contribution in [3.05, 3.63) is 47.5 Å². The van der Waals surface area contributed by atoms with E-state index >= 15 is 0 Å². The van der Waals surface area contributed by atoms with Crippen LogP contribution in [0.5, 0.6) is 5.75 Å². The highest BCUT2D eigenvalue weighted by atomic mass is 16.5. The monoisotopic (exact) mass is 260 g/mol. The SMILES string of the molecule is CCn1ccnc1COc1ccc([C@@H](C)O)cc1C. The van der Waals surface area contributed by atoms with Gasteiger partial charge in [-0.15, -0.1) is 0 Å². The lowest BCUT2D eigenvalue weighted by atomic mass is 10.1. The topological polar surface area (TPSA) is 47.3 Å². The number of aliphatic hydroxyl groups excluding tert-OH is 1. The van der Waals surface area contributed by atoms with Crippen LogP contribution in [0.1, 0.15) is 36.9 Å². The molecule has 0 aliphatic heterocycles. The molecule has 0 bridgehead atoms. The second-order valence-electron chi connectivity index (χ2n) is 4.62. The Bertz CT molecular complexity index is 547. The Labute approximate surface area is 113 Å². The summed E-state index contributed by atoms with van der Waals surface area (Å²) in [5, 5.41) is 9.53. The molecular weight excluding hydrogens is 240 g/mol. The van der Waals surface area contributed by atoms with Crippen molar-refractivity contribution >= 4 is 0 Å². The van der Waals surface area contributed by atoms with Gasteiger partial charge in [0, 0.05) is 18.9 Å². The van der Waals surface area contributed by atoms with E-state index in [0.717, 1.165) is 29.2 Å². The van der Waals surface area contributed by atoms with Gasteiger partial charge in [-0.1, -0.05) is 6.07 Å². The Balaban J connectivity index is 2.08. The normalized spacial score (nSPS) is 12.4. The Hall–Kier alpha value is -1.81. The lowest BCUT2D eigenvalue weighted by molar-refractivity contribution is 0.199. The van der Waals surface area contributed by atoms with Crippen LogP contribution in [-0.4, -0.2) is 14.7 Å². The molecule has 2 rings (SSSR count). The summed E-state index contributed by atoms with van der Waals surface area (Å²) in [7, 11) is 0. The smallest absolute Gasteiger partial charge is 0.146 e. The molecule has 1 aromatic carbocycles. The first-order valence-electron chi connectivity index (χ1n) is 6.53. The second-order valence-corrected chi connectivity index (χ2v) is 4.62. The van der Waals surface area contributed by atoms with Crippen LogP contribution in [0, 0.1) is 6.92 Å². The fourth-order valence-corrected chi connectivity index (χ4v) is 2.00. The van der Waals surface area contributed by atoms with Crippen LogP contribution in [0.2, 0.25) is 0 Å². The number of aryl methyl sites for hydroxylation is 2. The summed E-state index contributed by atoms with van der Waals surface area (Å²) < 4.78 is 7.85. The number of aliphatic hydroxyl groups is 1. The average Bonchev–Trinajstić information content (AvgIpc) is 2.84. The zero-order valence-corrected chi connectivity index (χ0v) is 11.6. The van der Waals surface area contributed by atoms with Gasteiger partial charge in [-0.25, -0.2) is 4.98 Å². The molecule has 19 heavy (non-hydrogen) atoms. The van der Waals surface area contributed by atoms with E-state index in [1.807, 2.05) is 31.3 Å². The van der Waals surface area contributed by atoms with Crippen LogP contribution in [0.3, 0.4) is 0 Å². The molecule has 0 amide bonds. The van der Waals surface area contributed by atoms with Crippen molar-refractivity contribution < 1.29 is 9.84 Å². The third-order valence-corrected chi connectivity index (χ3v) is 3.18. The molecule has 0 aliphatic rings. The number of nitrogens with zero attached hydrogens (tertiary/aromatic N) is 2. The summed E-state index contributed by atoms with van der Waals surface area (Å²) in [5.74, 6) is 1.75.